The maximum Gasteiger partial charge on any atom is 0.416 e. The van der Waals surface area contributed by atoms with Crippen molar-refractivity contribution < 1.29 is 18.0 Å². The number of hydrogen-bond acceptors (Lipinski definition) is 1. The Balaban J connectivity index is 2.56. The molecule has 0 saturated carbocycles. The van der Waals surface area contributed by atoms with Crippen molar-refractivity contribution in [3.05, 3.63) is 35.4 Å². The maximum absolute atomic E-state index is 12.4. The van der Waals surface area contributed by atoms with Gasteiger partial charge in [-0.15, -0.1) is 0 Å². The summed E-state index contributed by atoms with van der Waals surface area (Å²) in [5, 5.41) is 2.70. The molecule has 1 atom stereocenters. The fourth-order valence-corrected chi connectivity index (χ4v) is 2.62. The van der Waals surface area contributed by atoms with E-state index in [0.29, 0.717) is 12.5 Å². The van der Waals surface area contributed by atoms with Crippen LogP contribution in [0.15, 0.2) is 24.3 Å². The highest BCUT2D eigenvalue weighted by Crippen LogP contribution is 2.29. The average Bonchev–Trinajstić information content (AvgIpc) is 2.34. The first kappa shape index (κ1) is 17.0. The molecule has 1 amide bonds. The fourth-order valence-electron chi connectivity index (χ4n) is 1.71. The minimum atomic E-state index is -4.38. The van der Waals surface area contributed by atoms with Gasteiger partial charge in [-0.05, 0) is 36.6 Å². The Hall–Kier alpha value is -1.04. The van der Waals surface area contributed by atoms with E-state index < -0.39 is 11.7 Å². The summed E-state index contributed by atoms with van der Waals surface area (Å²) in [7, 11) is 0. The van der Waals surface area contributed by atoms with Gasteiger partial charge in [0.1, 0.15) is 0 Å². The van der Waals surface area contributed by atoms with Crippen LogP contribution in [0.5, 0.6) is 0 Å². The first-order chi connectivity index (χ1) is 9.20. The second-order valence-corrected chi connectivity index (χ2v) is 6.31. The predicted octanol–water partition coefficient (Wildman–Crippen LogP) is 4.24. The summed E-state index contributed by atoms with van der Waals surface area (Å²) >= 11 is 3.45. The third kappa shape index (κ3) is 5.53. The third-order valence-corrected chi connectivity index (χ3v) is 3.38. The zero-order valence-electron chi connectivity index (χ0n) is 11.3. The Morgan fingerprint density at radius 2 is 1.80 bits per heavy atom. The molecular formula is C14H17BrF3NO. The second-order valence-electron chi connectivity index (χ2n) is 5.01. The molecule has 0 aliphatic heterocycles. The van der Waals surface area contributed by atoms with Gasteiger partial charge in [0.2, 0.25) is 0 Å². The maximum atomic E-state index is 12.4. The van der Waals surface area contributed by atoms with E-state index >= 15 is 0 Å². The molecule has 1 aromatic rings. The van der Waals surface area contributed by atoms with Crippen LogP contribution in [-0.4, -0.2) is 17.3 Å². The number of amides is 1. The molecule has 1 unspecified atom stereocenters. The van der Waals surface area contributed by atoms with Crippen molar-refractivity contribution in [2.45, 2.75) is 31.3 Å². The summed E-state index contributed by atoms with van der Waals surface area (Å²) in [6, 6.07) is 4.19. The SMILES string of the molecule is CC(C)CC(Br)CNC(=O)c1ccc(C(F)(F)F)cc1. The summed E-state index contributed by atoms with van der Waals surface area (Å²) in [5.74, 6) is 0.134. The van der Waals surface area contributed by atoms with E-state index in [2.05, 4.69) is 35.1 Å². The smallest absolute Gasteiger partial charge is 0.351 e. The van der Waals surface area contributed by atoms with Crippen molar-refractivity contribution in [1.82, 2.24) is 5.32 Å². The normalized spacial score (nSPS) is 13.3. The molecule has 0 aliphatic carbocycles. The van der Waals surface area contributed by atoms with Gasteiger partial charge in [-0.1, -0.05) is 29.8 Å². The van der Waals surface area contributed by atoms with Gasteiger partial charge in [-0.2, -0.15) is 13.2 Å². The standard InChI is InChI=1S/C14H17BrF3NO/c1-9(2)7-12(15)8-19-13(20)10-3-5-11(6-4-10)14(16,17)18/h3-6,9,12H,7-8H2,1-2H3,(H,19,20). The first-order valence-electron chi connectivity index (χ1n) is 6.29. The van der Waals surface area contributed by atoms with E-state index in [0.717, 1.165) is 18.6 Å². The van der Waals surface area contributed by atoms with Crippen LogP contribution >= 0.6 is 15.9 Å². The van der Waals surface area contributed by atoms with Gasteiger partial charge < -0.3 is 5.32 Å². The van der Waals surface area contributed by atoms with Crippen LogP contribution in [-0.2, 0) is 6.18 Å². The molecule has 1 aromatic carbocycles. The zero-order valence-corrected chi connectivity index (χ0v) is 12.9. The third-order valence-electron chi connectivity index (χ3n) is 2.69. The van der Waals surface area contributed by atoms with Gasteiger partial charge in [0.25, 0.3) is 5.91 Å². The average molecular weight is 352 g/mol. The minimum Gasteiger partial charge on any atom is -0.351 e. The van der Waals surface area contributed by atoms with Gasteiger partial charge >= 0.3 is 6.18 Å². The molecule has 0 spiro atoms. The van der Waals surface area contributed by atoms with Crippen molar-refractivity contribution in [3.63, 3.8) is 0 Å². The molecule has 0 aromatic heterocycles. The second kappa shape index (κ2) is 7.11. The van der Waals surface area contributed by atoms with E-state index in [1.165, 1.54) is 12.1 Å². The van der Waals surface area contributed by atoms with Crippen molar-refractivity contribution in [2.75, 3.05) is 6.54 Å². The summed E-state index contributed by atoms with van der Waals surface area (Å²) in [6.07, 6.45) is -3.47. The number of carbonyl (C=O) groups is 1. The van der Waals surface area contributed by atoms with Crippen LogP contribution in [0, 0.1) is 5.92 Å². The van der Waals surface area contributed by atoms with Crippen molar-refractivity contribution in [3.8, 4) is 0 Å². The summed E-state index contributed by atoms with van der Waals surface area (Å²) in [5.41, 5.74) is -0.533. The Morgan fingerprint density at radius 1 is 1.25 bits per heavy atom. The van der Waals surface area contributed by atoms with Crippen molar-refractivity contribution in [2.24, 2.45) is 5.92 Å². The minimum absolute atomic E-state index is 0.154. The van der Waals surface area contributed by atoms with Gasteiger partial charge in [-0.25, -0.2) is 0 Å². The van der Waals surface area contributed by atoms with Crippen LogP contribution in [0.4, 0.5) is 13.2 Å². The molecule has 2 nitrogen and oxygen atoms in total. The number of nitrogens with one attached hydrogen (secondary N) is 1. The van der Waals surface area contributed by atoms with Crippen LogP contribution in [0.25, 0.3) is 0 Å². The summed E-state index contributed by atoms with van der Waals surface area (Å²) in [6.45, 7) is 4.59. The van der Waals surface area contributed by atoms with E-state index in [1.807, 2.05) is 0 Å². The number of rotatable bonds is 5. The molecule has 1 rings (SSSR count). The number of benzene rings is 1. The molecule has 0 bridgehead atoms. The highest BCUT2D eigenvalue weighted by atomic mass is 79.9. The molecule has 112 valence electrons. The van der Waals surface area contributed by atoms with E-state index in [1.54, 1.807) is 0 Å². The quantitative estimate of drug-likeness (QED) is 0.789. The fraction of sp³-hybridized carbons (Fsp3) is 0.500. The molecule has 1 N–H and O–H groups in total. The van der Waals surface area contributed by atoms with Crippen LogP contribution in [0.2, 0.25) is 0 Å². The molecule has 6 heteroatoms. The molecule has 0 saturated heterocycles. The summed E-state index contributed by atoms with van der Waals surface area (Å²) in [4.78, 5) is 11.9. The Bertz CT molecular complexity index is 443. The largest absolute Gasteiger partial charge is 0.416 e. The number of alkyl halides is 4. The van der Waals surface area contributed by atoms with E-state index in [4.69, 9.17) is 0 Å². The van der Waals surface area contributed by atoms with Crippen molar-refractivity contribution in [1.29, 1.82) is 0 Å². The highest BCUT2D eigenvalue weighted by molar-refractivity contribution is 9.09. The summed E-state index contributed by atoms with van der Waals surface area (Å²) < 4.78 is 37.2. The van der Waals surface area contributed by atoms with Crippen LogP contribution in [0.3, 0.4) is 0 Å². The van der Waals surface area contributed by atoms with E-state index in [9.17, 15) is 18.0 Å². The first-order valence-corrected chi connectivity index (χ1v) is 7.21. The molecule has 0 aliphatic rings. The molecular weight excluding hydrogens is 335 g/mol. The van der Waals surface area contributed by atoms with Gasteiger partial charge in [0.15, 0.2) is 0 Å². The molecule has 20 heavy (non-hydrogen) atoms. The number of hydrogen-bond donors (Lipinski definition) is 1. The van der Waals surface area contributed by atoms with Gasteiger partial charge in [-0.3, -0.25) is 4.79 Å². The molecule has 0 fully saturated rings. The predicted molar refractivity (Wildman–Crippen MR) is 75.9 cm³/mol. The van der Waals surface area contributed by atoms with Crippen LogP contribution < -0.4 is 5.32 Å². The Labute approximate surface area is 124 Å². The van der Waals surface area contributed by atoms with Gasteiger partial charge in [0.05, 0.1) is 5.56 Å². The number of carbonyl (C=O) groups excluding carboxylic acids is 1. The zero-order chi connectivity index (χ0) is 15.3. The van der Waals surface area contributed by atoms with Crippen molar-refractivity contribution >= 4 is 21.8 Å². The lowest BCUT2D eigenvalue weighted by Crippen LogP contribution is -2.30. The lowest BCUT2D eigenvalue weighted by atomic mass is 10.1. The molecule has 0 heterocycles. The van der Waals surface area contributed by atoms with Crippen LogP contribution in [0.1, 0.15) is 36.2 Å². The Kier molecular flexibility index (Phi) is 6.05. The topological polar surface area (TPSA) is 29.1 Å². The Morgan fingerprint density at radius 3 is 2.25 bits per heavy atom. The highest BCUT2D eigenvalue weighted by Gasteiger charge is 2.30. The molecule has 0 radical (unpaired) electrons. The lowest BCUT2D eigenvalue weighted by molar-refractivity contribution is -0.137. The number of halogens is 4. The lowest BCUT2D eigenvalue weighted by Gasteiger charge is -2.13. The van der Waals surface area contributed by atoms with E-state index in [-0.39, 0.29) is 16.3 Å². The monoisotopic (exact) mass is 351 g/mol. The van der Waals surface area contributed by atoms with Gasteiger partial charge in [0, 0.05) is 16.9 Å².